The minimum atomic E-state index is -0.0471. The molecule has 1 aromatic heterocycles. The first-order valence-corrected chi connectivity index (χ1v) is 7.45. The van der Waals surface area contributed by atoms with Crippen LogP contribution in [0.4, 0.5) is 0 Å². The van der Waals surface area contributed by atoms with Crippen LogP contribution in [-0.2, 0) is 5.88 Å². The molecular weight excluding hydrogens is 300 g/mol. The molecule has 0 unspecified atom stereocenters. The number of alkyl halides is 1. The molecule has 3 nitrogen and oxygen atoms in total. The van der Waals surface area contributed by atoms with Gasteiger partial charge in [0.05, 0.1) is 23.9 Å². The fourth-order valence-electron chi connectivity index (χ4n) is 2.57. The van der Waals surface area contributed by atoms with E-state index in [4.69, 9.17) is 20.8 Å². The highest BCUT2D eigenvalue weighted by Gasteiger charge is 2.17. The Morgan fingerprint density at radius 2 is 1.86 bits per heavy atom. The molecule has 0 aliphatic carbocycles. The van der Waals surface area contributed by atoms with Crippen LogP contribution in [0.1, 0.15) is 11.1 Å². The number of methoxy groups -OCH3 is 1. The smallest absolute Gasteiger partial charge is 0.196 e. The van der Waals surface area contributed by atoms with Crippen molar-refractivity contribution in [3.05, 3.63) is 63.8 Å². The predicted octanol–water partition coefficient (Wildman–Crippen LogP) is 4.52. The van der Waals surface area contributed by atoms with Gasteiger partial charge < -0.3 is 9.15 Å². The van der Waals surface area contributed by atoms with E-state index in [9.17, 15) is 4.79 Å². The van der Waals surface area contributed by atoms with Gasteiger partial charge in [0, 0.05) is 11.1 Å². The largest absolute Gasteiger partial charge is 0.496 e. The van der Waals surface area contributed by atoms with Gasteiger partial charge in [-0.3, -0.25) is 4.79 Å². The lowest BCUT2D eigenvalue weighted by atomic mass is 10.0. The molecule has 22 heavy (non-hydrogen) atoms. The normalized spacial score (nSPS) is 10.9. The van der Waals surface area contributed by atoms with Gasteiger partial charge in [-0.15, -0.1) is 11.6 Å². The number of ether oxygens (including phenoxy) is 1. The van der Waals surface area contributed by atoms with Crippen molar-refractivity contribution in [1.29, 1.82) is 0 Å². The van der Waals surface area contributed by atoms with Gasteiger partial charge in [0.25, 0.3) is 0 Å². The molecule has 0 N–H and O–H groups in total. The van der Waals surface area contributed by atoms with Crippen molar-refractivity contribution in [3.8, 4) is 17.1 Å². The van der Waals surface area contributed by atoms with E-state index in [0.717, 1.165) is 5.56 Å². The van der Waals surface area contributed by atoms with Crippen LogP contribution in [0, 0.1) is 6.92 Å². The Labute approximate surface area is 133 Å². The van der Waals surface area contributed by atoms with E-state index in [1.165, 1.54) is 0 Å². The first kappa shape index (κ1) is 14.7. The molecule has 0 aliphatic rings. The van der Waals surface area contributed by atoms with Crippen LogP contribution in [-0.4, -0.2) is 7.11 Å². The molecule has 3 aromatic rings. The van der Waals surface area contributed by atoms with Gasteiger partial charge in [0.15, 0.2) is 5.43 Å². The monoisotopic (exact) mass is 314 g/mol. The zero-order valence-electron chi connectivity index (χ0n) is 12.4. The van der Waals surface area contributed by atoms with Gasteiger partial charge in [-0.2, -0.15) is 0 Å². The third kappa shape index (κ3) is 2.28. The Morgan fingerprint density at radius 3 is 2.50 bits per heavy atom. The van der Waals surface area contributed by atoms with Gasteiger partial charge in [0.1, 0.15) is 17.1 Å². The Kier molecular flexibility index (Phi) is 3.90. The van der Waals surface area contributed by atoms with Gasteiger partial charge in [0.2, 0.25) is 0 Å². The molecule has 0 atom stereocenters. The van der Waals surface area contributed by atoms with Crippen LogP contribution in [0.25, 0.3) is 22.3 Å². The Hall–Kier alpha value is -2.26. The lowest BCUT2D eigenvalue weighted by Crippen LogP contribution is -2.08. The molecule has 2 aromatic carbocycles. The molecular formula is C18H15ClO3. The number of benzene rings is 2. The topological polar surface area (TPSA) is 39.4 Å². The summed E-state index contributed by atoms with van der Waals surface area (Å²) >= 11 is 6.04. The van der Waals surface area contributed by atoms with Crippen LogP contribution < -0.4 is 10.2 Å². The van der Waals surface area contributed by atoms with Gasteiger partial charge >= 0.3 is 0 Å². The second-order valence-corrected chi connectivity index (χ2v) is 5.28. The van der Waals surface area contributed by atoms with Crippen molar-refractivity contribution < 1.29 is 9.15 Å². The maximum absolute atomic E-state index is 12.6. The fourth-order valence-corrected chi connectivity index (χ4v) is 2.82. The third-order valence-electron chi connectivity index (χ3n) is 3.74. The van der Waals surface area contributed by atoms with Crippen LogP contribution in [0.5, 0.6) is 5.75 Å². The Bertz CT molecular complexity index is 882. The van der Waals surface area contributed by atoms with E-state index in [-0.39, 0.29) is 11.3 Å². The number of fused-ring (bicyclic) bond motifs is 1. The minimum Gasteiger partial charge on any atom is -0.496 e. The summed E-state index contributed by atoms with van der Waals surface area (Å²) in [6.07, 6.45) is 0. The van der Waals surface area contributed by atoms with Crippen LogP contribution in [0.3, 0.4) is 0 Å². The SMILES string of the molecule is COc1ccc2c(=O)c(C)c(-c3ccccc3)oc2c1CCl. The summed E-state index contributed by atoms with van der Waals surface area (Å²) in [5, 5.41) is 0.522. The first-order chi connectivity index (χ1) is 10.7. The second-order valence-electron chi connectivity index (χ2n) is 5.01. The first-order valence-electron chi connectivity index (χ1n) is 6.92. The quantitative estimate of drug-likeness (QED) is 0.667. The van der Waals surface area contributed by atoms with Gasteiger partial charge in [-0.1, -0.05) is 30.3 Å². The van der Waals surface area contributed by atoms with Crippen LogP contribution >= 0.6 is 11.6 Å². The van der Waals surface area contributed by atoms with E-state index >= 15 is 0 Å². The Balaban J connectivity index is 2.41. The molecule has 112 valence electrons. The number of hydrogen-bond acceptors (Lipinski definition) is 3. The van der Waals surface area contributed by atoms with E-state index in [2.05, 4.69) is 0 Å². The third-order valence-corrected chi connectivity index (χ3v) is 4.00. The summed E-state index contributed by atoms with van der Waals surface area (Å²) in [4.78, 5) is 12.6. The Morgan fingerprint density at radius 1 is 1.14 bits per heavy atom. The highest BCUT2D eigenvalue weighted by molar-refractivity contribution is 6.18. The zero-order valence-corrected chi connectivity index (χ0v) is 13.1. The summed E-state index contributed by atoms with van der Waals surface area (Å²) < 4.78 is 11.4. The molecule has 0 saturated heterocycles. The van der Waals surface area contributed by atoms with E-state index < -0.39 is 0 Å². The summed E-state index contributed by atoms with van der Waals surface area (Å²) in [6, 6.07) is 13.0. The average Bonchev–Trinajstić information content (AvgIpc) is 2.57. The molecule has 4 heteroatoms. The number of rotatable bonds is 3. The molecule has 1 heterocycles. The van der Waals surface area contributed by atoms with Crippen LogP contribution in [0.15, 0.2) is 51.7 Å². The maximum Gasteiger partial charge on any atom is 0.196 e. The number of halogens is 1. The predicted molar refractivity (Wildman–Crippen MR) is 88.8 cm³/mol. The fraction of sp³-hybridized carbons (Fsp3) is 0.167. The standard InChI is InChI=1S/C18H15ClO3/c1-11-16(20)13-8-9-15(21-2)14(10-19)18(13)22-17(11)12-6-4-3-5-7-12/h3-9H,10H2,1-2H3. The molecule has 0 fully saturated rings. The van der Waals surface area contributed by atoms with E-state index in [0.29, 0.717) is 33.6 Å². The lowest BCUT2D eigenvalue weighted by molar-refractivity contribution is 0.410. The van der Waals surface area contributed by atoms with E-state index in [1.807, 2.05) is 30.3 Å². The summed E-state index contributed by atoms with van der Waals surface area (Å²) in [5.74, 6) is 1.40. The summed E-state index contributed by atoms with van der Waals surface area (Å²) in [7, 11) is 1.57. The van der Waals surface area contributed by atoms with Gasteiger partial charge in [-0.05, 0) is 19.1 Å². The summed E-state index contributed by atoms with van der Waals surface area (Å²) in [5.41, 5.74) is 2.58. The van der Waals surface area contributed by atoms with Crippen molar-refractivity contribution in [1.82, 2.24) is 0 Å². The molecule has 0 bridgehead atoms. The van der Waals surface area contributed by atoms with Crippen molar-refractivity contribution in [2.75, 3.05) is 7.11 Å². The van der Waals surface area contributed by atoms with Crippen molar-refractivity contribution in [2.24, 2.45) is 0 Å². The van der Waals surface area contributed by atoms with Crippen molar-refractivity contribution in [3.63, 3.8) is 0 Å². The minimum absolute atomic E-state index is 0.0471. The maximum atomic E-state index is 12.6. The van der Waals surface area contributed by atoms with Crippen molar-refractivity contribution >= 4 is 22.6 Å². The van der Waals surface area contributed by atoms with Crippen molar-refractivity contribution in [2.45, 2.75) is 12.8 Å². The lowest BCUT2D eigenvalue weighted by Gasteiger charge is -2.12. The molecule has 0 aliphatic heterocycles. The molecule has 0 spiro atoms. The average molecular weight is 315 g/mol. The highest BCUT2D eigenvalue weighted by atomic mass is 35.5. The zero-order chi connectivity index (χ0) is 15.7. The molecule has 0 amide bonds. The molecule has 0 saturated carbocycles. The highest BCUT2D eigenvalue weighted by Crippen LogP contribution is 2.32. The van der Waals surface area contributed by atoms with Crippen LogP contribution in [0.2, 0.25) is 0 Å². The molecule has 3 rings (SSSR count). The second kappa shape index (κ2) is 5.85. The summed E-state index contributed by atoms with van der Waals surface area (Å²) in [6.45, 7) is 1.78. The number of hydrogen-bond donors (Lipinski definition) is 0. The van der Waals surface area contributed by atoms with Gasteiger partial charge in [-0.25, -0.2) is 0 Å². The molecule has 0 radical (unpaired) electrons. The van der Waals surface area contributed by atoms with E-state index in [1.54, 1.807) is 26.2 Å².